The monoisotopic (exact) mass is 427 g/mol. The van der Waals surface area contributed by atoms with Crippen LogP contribution in [0, 0.1) is 0 Å². The molecule has 8 heteroatoms. The van der Waals surface area contributed by atoms with Gasteiger partial charge in [-0.2, -0.15) is 0 Å². The molecule has 0 aliphatic carbocycles. The molecule has 168 valence electrons. The summed E-state index contributed by atoms with van der Waals surface area (Å²) in [6, 6.07) is 9.50. The van der Waals surface area contributed by atoms with Crippen molar-refractivity contribution < 1.29 is 4.79 Å². The van der Waals surface area contributed by atoms with Crippen molar-refractivity contribution in [2.45, 2.75) is 58.5 Å². The lowest BCUT2D eigenvalue weighted by Gasteiger charge is -2.28. The van der Waals surface area contributed by atoms with Crippen molar-refractivity contribution in [1.82, 2.24) is 14.5 Å². The van der Waals surface area contributed by atoms with E-state index in [1.165, 1.54) is 22.3 Å². The Bertz CT molecular complexity index is 975. The first-order valence-corrected chi connectivity index (χ1v) is 11.2. The second-order valence-electron chi connectivity index (χ2n) is 8.15. The zero-order valence-electron chi connectivity index (χ0n) is 18.3. The van der Waals surface area contributed by atoms with Gasteiger partial charge in [-0.15, -0.1) is 0 Å². The van der Waals surface area contributed by atoms with Gasteiger partial charge in [0, 0.05) is 6.54 Å². The van der Waals surface area contributed by atoms with Crippen LogP contribution >= 0.6 is 0 Å². The van der Waals surface area contributed by atoms with Crippen LogP contribution in [0.2, 0.25) is 0 Å². The number of carbonyl (C=O) groups excluding carboxylic acids is 1. The summed E-state index contributed by atoms with van der Waals surface area (Å²) in [5.41, 5.74) is 6.08. The van der Waals surface area contributed by atoms with E-state index in [4.69, 9.17) is 5.73 Å². The highest BCUT2D eigenvalue weighted by atomic mass is 16.2. The highest BCUT2D eigenvalue weighted by molar-refractivity contribution is 5.96. The molecule has 1 fully saturated rings. The van der Waals surface area contributed by atoms with Crippen LogP contribution in [-0.2, 0) is 17.9 Å². The van der Waals surface area contributed by atoms with Gasteiger partial charge in [0.25, 0.3) is 5.56 Å². The average Bonchev–Trinajstić information content (AvgIpc) is 3.02. The van der Waals surface area contributed by atoms with Gasteiger partial charge < -0.3 is 5.73 Å². The van der Waals surface area contributed by atoms with Crippen molar-refractivity contribution >= 4 is 17.4 Å². The Kier molecular flexibility index (Phi) is 8.06. The van der Waals surface area contributed by atoms with Crippen molar-refractivity contribution in [1.29, 1.82) is 0 Å². The summed E-state index contributed by atoms with van der Waals surface area (Å²) in [7, 11) is 0. The summed E-state index contributed by atoms with van der Waals surface area (Å²) in [5.74, 6) is -0.147. The number of carbonyl (C=O) groups is 1. The van der Waals surface area contributed by atoms with E-state index >= 15 is 0 Å². The maximum absolute atomic E-state index is 13.4. The Morgan fingerprint density at radius 2 is 1.77 bits per heavy atom. The van der Waals surface area contributed by atoms with Gasteiger partial charge in [-0.05, 0) is 37.9 Å². The van der Waals surface area contributed by atoms with E-state index in [-0.39, 0.29) is 30.5 Å². The van der Waals surface area contributed by atoms with Crippen LogP contribution in [0.4, 0.5) is 11.5 Å². The largest absolute Gasteiger partial charge is 0.383 e. The van der Waals surface area contributed by atoms with Crippen molar-refractivity contribution in [3.05, 3.63) is 56.7 Å². The minimum atomic E-state index is -0.629. The van der Waals surface area contributed by atoms with Gasteiger partial charge >= 0.3 is 5.69 Å². The molecular formula is C23H33N5O3. The molecule has 3 rings (SSSR count). The summed E-state index contributed by atoms with van der Waals surface area (Å²) in [4.78, 5) is 44.5. The highest BCUT2D eigenvalue weighted by Gasteiger charge is 2.26. The molecule has 0 radical (unpaired) electrons. The van der Waals surface area contributed by atoms with Crippen LogP contribution in [0.5, 0.6) is 0 Å². The Balaban J connectivity index is 1.98. The quantitative estimate of drug-likeness (QED) is 0.673. The predicted octanol–water partition coefficient (Wildman–Crippen LogP) is 2.33. The molecule has 1 aromatic carbocycles. The maximum Gasteiger partial charge on any atom is 0.330 e. The molecule has 8 nitrogen and oxygen atoms in total. The molecule has 1 amide bonds. The lowest BCUT2D eigenvalue weighted by molar-refractivity contribution is -0.119. The molecule has 1 aliphatic heterocycles. The third-order valence-corrected chi connectivity index (χ3v) is 5.76. The first-order chi connectivity index (χ1) is 15.0. The maximum atomic E-state index is 13.4. The van der Waals surface area contributed by atoms with Gasteiger partial charge in [0.2, 0.25) is 5.91 Å². The molecule has 2 heterocycles. The van der Waals surface area contributed by atoms with E-state index in [1.807, 2.05) is 37.3 Å². The van der Waals surface area contributed by atoms with Crippen LogP contribution < -0.4 is 21.9 Å². The summed E-state index contributed by atoms with van der Waals surface area (Å²) < 4.78 is 1.36. The minimum Gasteiger partial charge on any atom is -0.383 e. The molecule has 0 unspecified atom stereocenters. The molecule has 31 heavy (non-hydrogen) atoms. The number of aromatic amines is 1. The molecule has 3 N–H and O–H groups in total. The lowest BCUT2D eigenvalue weighted by Crippen LogP contribution is -2.45. The fourth-order valence-corrected chi connectivity index (χ4v) is 4.01. The van der Waals surface area contributed by atoms with Gasteiger partial charge in [0.05, 0.1) is 13.1 Å². The summed E-state index contributed by atoms with van der Waals surface area (Å²) in [5, 5.41) is 0. The number of nitrogens with two attached hydrogens (primary N) is 1. The van der Waals surface area contributed by atoms with Gasteiger partial charge in [-0.25, -0.2) is 4.79 Å². The number of hydrogen-bond acceptors (Lipinski definition) is 5. The smallest absolute Gasteiger partial charge is 0.330 e. The van der Waals surface area contributed by atoms with Crippen molar-refractivity contribution in [3.63, 3.8) is 0 Å². The fourth-order valence-electron chi connectivity index (χ4n) is 4.01. The summed E-state index contributed by atoms with van der Waals surface area (Å²) in [6.07, 6.45) is 6.10. The average molecular weight is 428 g/mol. The van der Waals surface area contributed by atoms with Crippen LogP contribution in [0.3, 0.4) is 0 Å². The molecule has 1 aromatic heterocycles. The van der Waals surface area contributed by atoms with Gasteiger partial charge in [0.1, 0.15) is 5.82 Å². The summed E-state index contributed by atoms with van der Waals surface area (Å²) >= 11 is 0. The van der Waals surface area contributed by atoms with E-state index in [2.05, 4.69) is 9.88 Å². The Hall–Kier alpha value is -2.87. The number of amides is 1. The number of aromatic nitrogens is 2. The van der Waals surface area contributed by atoms with Gasteiger partial charge in [-0.1, -0.05) is 56.5 Å². The van der Waals surface area contributed by atoms with Crippen molar-refractivity contribution in [2.75, 3.05) is 30.3 Å². The molecule has 0 spiro atoms. The SMILES string of the molecule is CCCCn1c(N)c(N(Cc2ccccc2)C(=O)CN2CCCCCC2)c(=O)[nH]c1=O. The zero-order valence-corrected chi connectivity index (χ0v) is 18.3. The van der Waals surface area contributed by atoms with Gasteiger partial charge in [-0.3, -0.25) is 28.9 Å². The first kappa shape index (κ1) is 22.8. The number of unbranched alkanes of at least 4 members (excludes halogenated alkanes) is 1. The number of nitrogens with zero attached hydrogens (tertiary/aromatic N) is 3. The molecule has 0 saturated carbocycles. The van der Waals surface area contributed by atoms with Crippen LogP contribution in [0.25, 0.3) is 0 Å². The van der Waals surface area contributed by atoms with Crippen LogP contribution in [-0.4, -0.2) is 40.0 Å². The second kappa shape index (κ2) is 10.9. The normalized spacial score (nSPS) is 14.9. The van der Waals surface area contributed by atoms with E-state index in [9.17, 15) is 14.4 Å². The van der Waals surface area contributed by atoms with Crippen LogP contribution in [0.15, 0.2) is 39.9 Å². The fraction of sp³-hybridized carbons (Fsp3) is 0.522. The summed E-state index contributed by atoms with van der Waals surface area (Å²) in [6.45, 7) is 4.58. The second-order valence-corrected chi connectivity index (χ2v) is 8.15. The number of nitrogens with one attached hydrogen (secondary N) is 1. The number of rotatable bonds is 8. The molecular weight excluding hydrogens is 394 g/mol. The third-order valence-electron chi connectivity index (χ3n) is 5.76. The van der Waals surface area contributed by atoms with Crippen molar-refractivity contribution in [2.24, 2.45) is 0 Å². The number of nitrogen functional groups attached to an aromatic ring is 1. The topological polar surface area (TPSA) is 104 Å². The molecule has 1 aliphatic rings. The number of anilines is 2. The molecule has 0 bridgehead atoms. The standard InChI is InChI=1S/C23H33N5O3/c1-2-3-15-27-21(24)20(22(30)25-23(27)31)28(16-18-11-7-6-8-12-18)19(29)17-26-13-9-4-5-10-14-26/h6-8,11-12H,2-5,9-10,13-17,24H2,1H3,(H,25,30,31). The van der Waals surface area contributed by atoms with E-state index in [1.54, 1.807) is 0 Å². The Morgan fingerprint density at radius 3 is 2.42 bits per heavy atom. The predicted molar refractivity (Wildman–Crippen MR) is 123 cm³/mol. The Labute approximate surface area is 182 Å². The first-order valence-electron chi connectivity index (χ1n) is 11.2. The molecule has 1 saturated heterocycles. The van der Waals surface area contributed by atoms with E-state index in [0.717, 1.165) is 44.3 Å². The van der Waals surface area contributed by atoms with Crippen LogP contribution in [0.1, 0.15) is 51.0 Å². The lowest BCUT2D eigenvalue weighted by atomic mass is 10.2. The zero-order chi connectivity index (χ0) is 22.2. The number of benzene rings is 1. The number of hydrogen-bond donors (Lipinski definition) is 2. The van der Waals surface area contributed by atoms with Crippen molar-refractivity contribution in [3.8, 4) is 0 Å². The highest BCUT2D eigenvalue weighted by Crippen LogP contribution is 2.21. The molecule has 2 aromatic rings. The molecule has 0 atom stereocenters. The van der Waals surface area contributed by atoms with Gasteiger partial charge in [0.15, 0.2) is 5.69 Å². The van der Waals surface area contributed by atoms with E-state index < -0.39 is 11.2 Å². The Morgan fingerprint density at radius 1 is 1.10 bits per heavy atom. The third kappa shape index (κ3) is 5.85. The number of H-pyrrole nitrogens is 1. The number of likely N-dealkylation sites (tertiary alicyclic amines) is 1. The minimum absolute atomic E-state index is 0.0438. The van der Waals surface area contributed by atoms with E-state index in [0.29, 0.717) is 6.54 Å².